The SMILES string of the molecule is CCN(CC(=O)NCC(F)(F)F)C1(CN)CCCCC1. The number of rotatable bonds is 6. The molecular formula is C13H24F3N3O. The molecule has 0 aromatic heterocycles. The molecule has 1 rings (SSSR count). The number of amides is 1. The fourth-order valence-electron chi connectivity index (χ4n) is 2.90. The van der Waals surface area contributed by atoms with E-state index in [4.69, 9.17) is 5.73 Å². The van der Waals surface area contributed by atoms with Gasteiger partial charge in [0.05, 0.1) is 6.54 Å². The van der Waals surface area contributed by atoms with Crippen LogP contribution in [0.25, 0.3) is 0 Å². The summed E-state index contributed by atoms with van der Waals surface area (Å²) in [6, 6.07) is 0. The zero-order valence-electron chi connectivity index (χ0n) is 11.9. The minimum absolute atomic E-state index is 0.0240. The van der Waals surface area contributed by atoms with Crippen molar-refractivity contribution in [2.45, 2.75) is 50.7 Å². The summed E-state index contributed by atoms with van der Waals surface area (Å²) >= 11 is 0. The van der Waals surface area contributed by atoms with E-state index in [0.29, 0.717) is 13.1 Å². The standard InChI is InChI=1S/C13H24F3N3O/c1-2-19(8-11(20)18-10-13(14,15)16)12(9-17)6-4-3-5-7-12/h2-10,17H2,1H3,(H,18,20). The zero-order valence-corrected chi connectivity index (χ0v) is 11.9. The van der Waals surface area contributed by atoms with Crippen molar-refractivity contribution >= 4 is 5.91 Å². The molecule has 0 aliphatic heterocycles. The van der Waals surface area contributed by atoms with Crippen molar-refractivity contribution in [3.63, 3.8) is 0 Å². The molecule has 20 heavy (non-hydrogen) atoms. The van der Waals surface area contributed by atoms with Gasteiger partial charge in [0.2, 0.25) is 5.91 Å². The first-order valence-electron chi connectivity index (χ1n) is 7.11. The first-order chi connectivity index (χ1) is 9.33. The molecule has 1 amide bonds. The number of hydrogen-bond acceptors (Lipinski definition) is 3. The monoisotopic (exact) mass is 295 g/mol. The van der Waals surface area contributed by atoms with Crippen LogP contribution in [-0.4, -0.2) is 48.7 Å². The predicted octanol–water partition coefficient (Wildman–Crippen LogP) is 1.65. The number of carbonyl (C=O) groups excluding carboxylic acids is 1. The second-order valence-corrected chi connectivity index (χ2v) is 5.40. The van der Waals surface area contributed by atoms with Crippen molar-refractivity contribution in [2.75, 3.05) is 26.2 Å². The average Bonchev–Trinajstić information content (AvgIpc) is 2.42. The highest BCUT2D eigenvalue weighted by atomic mass is 19.4. The van der Waals surface area contributed by atoms with Crippen LogP contribution in [0.5, 0.6) is 0 Å². The van der Waals surface area contributed by atoms with E-state index in [9.17, 15) is 18.0 Å². The Hall–Kier alpha value is -0.820. The van der Waals surface area contributed by atoms with Crippen LogP contribution >= 0.6 is 0 Å². The van der Waals surface area contributed by atoms with Crippen LogP contribution in [0.4, 0.5) is 13.2 Å². The maximum Gasteiger partial charge on any atom is 0.405 e. The lowest BCUT2D eigenvalue weighted by molar-refractivity contribution is -0.140. The van der Waals surface area contributed by atoms with Crippen molar-refractivity contribution in [3.8, 4) is 0 Å². The van der Waals surface area contributed by atoms with Gasteiger partial charge >= 0.3 is 6.18 Å². The Bertz CT molecular complexity index is 314. The summed E-state index contributed by atoms with van der Waals surface area (Å²) in [5.41, 5.74) is 5.65. The lowest BCUT2D eigenvalue weighted by atomic mass is 9.80. The molecule has 0 bridgehead atoms. The van der Waals surface area contributed by atoms with Gasteiger partial charge in [0.25, 0.3) is 0 Å². The highest BCUT2D eigenvalue weighted by molar-refractivity contribution is 5.78. The van der Waals surface area contributed by atoms with Gasteiger partial charge in [-0.1, -0.05) is 26.2 Å². The van der Waals surface area contributed by atoms with E-state index >= 15 is 0 Å². The zero-order chi connectivity index (χ0) is 15.2. The lowest BCUT2D eigenvalue weighted by Gasteiger charge is -2.45. The molecular weight excluding hydrogens is 271 g/mol. The summed E-state index contributed by atoms with van der Waals surface area (Å²) in [5, 5.41) is 1.92. The topological polar surface area (TPSA) is 58.4 Å². The number of nitrogens with one attached hydrogen (secondary N) is 1. The third-order valence-corrected chi connectivity index (χ3v) is 4.04. The van der Waals surface area contributed by atoms with E-state index in [1.54, 1.807) is 0 Å². The molecule has 1 aliphatic rings. The first-order valence-corrected chi connectivity index (χ1v) is 7.11. The van der Waals surface area contributed by atoms with Crippen LogP contribution in [0.1, 0.15) is 39.0 Å². The second-order valence-electron chi connectivity index (χ2n) is 5.40. The first kappa shape index (κ1) is 17.2. The molecule has 1 fully saturated rings. The summed E-state index contributed by atoms with van der Waals surface area (Å²) in [5.74, 6) is -0.595. The summed E-state index contributed by atoms with van der Waals surface area (Å²) in [6.07, 6.45) is 0.701. The van der Waals surface area contributed by atoms with Crippen LogP contribution < -0.4 is 11.1 Å². The fourth-order valence-corrected chi connectivity index (χ4v) is 2.90. The van der Waals surface area contributed by atoms with Gasteiger partial charge in [0.1, 0.15) is 6.54 Å². The molecule has 0 atom stereocenters. The maximum atomic E-state index is 12.1. The Kier molecular flexibility index (Phi) is 6.26. The lowest BCUT2D eigenvalue weighted by Crippen LogP contribution is -2.57. The van der Waals surface area contributed by atoms with Crippen LogP contribution in [0.3, 0.4) is 0 Å². The van der Waals surface area contributed by atoms with E-state index in [-0.39, 0.29) is 12.1 Å². The molecule has 4 nitrogen and oxygen atoms in total. The smallest absolute Gasteiger partial charge is 0.346 e. The number of halogens is 3. The Balaban J connectivity index is 2.58. The Morgan fingerprint density at radius 2 is 1.90 bits per heavy atom. The third-order valence-electron chi connectivity index (χ3n) is 4.04. The van der Waals surface area contributed by atoms with Gasteiger partial charge in [0.15, 0.2) is 0 Å². The van der Waals surface area contributed by atoms with Gasteiger partial charge in [-0.15, -0.1) is 0 Å². The second kappa shape index (κ2) is 7.26. The highest BCUT2D eigenvalue weighted by Crippen LogP contribution is 2.32. The van der Waals surface area contributed by atoms with Crippen LogP contribution in [-0.2, 0) is 4.79 Å². The summed E-state index contributed by atoms with van der Waals surface area (Å²) in [4.78, 5) is 13.6. The molecule has 0 unspecified atom stereocenters. The maximum absolute atomic E-state index is 12.1. The molecule has 1 aliphatic carbocycles. The Morgan fingerprint density at radius 1 is 1.30 bits per heavy atom. The van der Waals surface area contributed by atoms with Crippen LogP contribution in [0.15, 0.2) is 0 Å². The normalized spacial score (nSPS) is 19.1. The number of likely N-dealkylation sites (N-methyl/N-ethyl adjacent to an activating group) is 1. The molecule has 0 heterocycles. The molecule has 0 aromatic rings. The van der Waals surface area contributed by atoms with Gasteiger partial charge in [-0.25, -0.2) is 0 Å². The molecule has 0 radical (unpaired) electrons. The van der Waals surface area contributed by atoms with Crippen LogP contribution in [0, 0.1) is 0 Å². The summed E-state index contributed by atoms with van der Waals surface area (Å²) in [6.45, 7) is 1.65. The van der Waals surface area contributed by atoms with Crippen LogP contribution in [0.2, 0.25) is 0 Å². The van der Waals surface area contributed by atoms with Crippen molar-refractivity contribution in [1.29, 1.82) is 0 Å². The van der Waals surface area contributed by atoms with E-state index in [1.165, 1.54) is 0 Å². The molecule has 3 N–H and O–H groups in total. The molecule has 118 valence electrons. The Morgan fingerprint density at radius 3 is 2.35 bits per heavy atom. The van der Waals surface area contributed by atoms with E-state index in [1.807, 2.05) is 17.1 Å². The highest BCUT2D eigenvalue weighted by Gasteiger charge is 2.37. The fraction of sp³-hybridized carbons (Fsp3) is 0.923. The number of carbonyl (C=O) groups is 1. The predicted molar refractivity (Wildman–Crippen MR) is 71.2 cm³/mol. The summed E-state index contributed by atoms with van der Waals surface area (Å²) in [7, 11) is 0. The quantitative estimate of drug-likeness (QED) is 0.783. The number of alkyl halides is 3. The Labute approximate surface area is 117 Å². The largest absolute Gasteiger partial charge is 0.405 e. The number of nitrogens with two attached hydrogens (primary N) is 1. The van der Waals surface area contributed by atoms with E-state index in [0.717, 1.165) is 32.1 Å². The van der Waals surface area contributed by atoms with Gasteiger partial charge in [0, 0.05) is 12.1 Å². The molecule has 0 spiro atoms. The van der Waals surface area contributed by atoms with Crippen molar-refractivity contribution in [1.82, 2.24) is 10.2 Å². The molecule has 0 aromatic carbocycles. The van der Waals surface area contributed by atoms with E-state index in [2.05, 4.69) is 0 Å². The molecule has 7 heteroatoms. The third kappa shape index (κ3) is 4.94. The van der Waals surface area contributed by atoms with Gasteiger partial charge in [-0.05, 0) is 19.4 Å². The number of nitrogens with zero attached hydrogens (tertiary/aromatic N) is 1. The minimum atomic E-state index is -4.37. The summed E-state index contributed by atoms with van der Waals surface area (Å²) < 4.78 is 36.2. The van der Waals surface area contributed by atoms with Crippen molar-refractivity contribution in [2.24, 2.45) is 5.73 Å². The van der Waals surface area contributed by atoms with Crippen molar-refractivity contribution in [3.05, 3.63) is 0 Å². The average molecular weight is 295 g/mol. The number of hydrogen-bond donors (Lipinski definition) is 2. The minimum Gasteiger partial charge on any atom is -0.346 e. The van der Waals surface area contributed by atoms with E-state index < -0.39 is 18.6 Å². The van der Waals surface area contributed by atoms with Gasteiger partial charge in [-0.2, -0.15) is 13.2 Å². The van der Waals surface area contributed by atoms with Gasteiger partial charge < -0.3 is 11.1 Å². The van der Waals surface area contributed by atoms with Crippen molar-refractivity contribution < 1.29 is 18.0 Å². The molecule has 0 saturated heterocycles. The van der Waals surface area contributed by atoms with Gasteiger partial charge in [-0.3, -0.25) is 9.69 Å². The molecule has 1 saturated carbocycles.